The van der Waals surface area contributed by atoms with Crippen LogP contribution in [0.15, 0.2) is 58.3 Å². The largest absolute Gasteiger partial charge is 0.478 e. The molecule has 0 aliphatic rings. The predicted octanol–water partition coefficient (Wildman–Crippen LogP) is 1.44. The lowest BCUT2D eigenvalue weighted by Gasteiger charge is -2.12. The number of hydrogen-bond acceptors (Lipinski definition) is 5. The zero-order valence-corrected chi connectivity index (χ0v) is 15.0. The van der Waals surface area contributed by atoms with Gasteiger partial charge in [-0.25, -0.2) is 25.9 Å². The standard InChI is InChI=1S/C15H16N2O6S2/c1-17(2)25(22,23)14-9-5-12(6-10-14)16-24(20,21)13-7-3-11(4-8-13)15(18)19/h3-10,16H,1-2H3,(H,18,19). The normalized spacial score (nSPS) is 12.1. The van der Waals surface area contributed by atoms with Crippen LogP contribution in [-0.4, -0.2) is 46.3 Å². The lowest BCUT2D eigenvalue weighted by molar-refractivity contribution is 0.0696. The van der Waals surface area contributed by atoms with Gasteiger partial charge in [0.05, 0.1) is 15.4 Å². The van der Waals surface area contributed by atoms with Crippen molar-refractivity contribution in [3.05, 3.63) is 54.1 Å². The molecule has 8 nitrogen and oxygen atoms in total. The van der Waals surface area contributed by atoms with E-state index in [2.05, 4.69) is 4.72 Å². The van der Waals surface area contributed by atoms with E-state index in [-0.39, 0.29) is 21.0 Å². The molecule has 0 aliphatic heterocycles. The Labute approximate surface area is 145 Å². The number of carboxylic acid groups (broad SMARTS) is 1. The molecule has 10 heteroatoms. The number of sulfonamides is 2. The molecule has 2 aromatic rings. The SMILES string of the molecule is CN(C)S(=O)(=O)c1ccc(NS(=O)(=O)c2ccc(C(=O)O)cc2)cc1. The van der Waals surface area contributed by atoms with Gasteiger partial charge in [-0.1, -0.05) is 0 Å². The van der Waals surface area contributed by atoms with Crippen molar-refractivity contribution in [3.8, 4) is 0 Å². The molecule has 2 aromatic carbocycles. The quantitative estimate of drug-likeness (QED) is 0.777. The molecule has 0 spiro atoms. The first kappa shape index (κ1) is 18.9. The van der Waals surface area contributed by atoms with Crippen LogP contribution >= 0.6 is 0 Å². The summed E-state index contributed by atoms with van der Waals surface area (Å²) in [6, 6.07) is 9.97. The van der Waals surface area contributed by atoms with Crippen LogP contribution in [0.25, 0.3) is 0 Å². The van der Waals surface area contributed by atoms with E-state index in [1.54, 1.807) is 0 Å². The summed E-state index contributed by atoms with van der Waals surface area (Å²) in [6.07, 6.45) is 0. The Bertz CT molecular complexity index is 979. The molecule has 2 rings (SSSR count). The number of rotatable bonds is 6. The number of anilines is 1. The van der Waals surface area contributed by atoms with Crippen molar-refractivity contribution in [1.82, 2.24) is 4.31 Å². The van der Waals surface area contributed by atoms with Crippen molar-refractivity contribution < 1.29 is 26.7 Å². The number of benzene rings is 2. The van der Waals surface area contributed by atoms with Gasteiger partial charge in [0.15, 0.2) is 0 Å². The predicted molar refractivity (Wildman–Crippen MR) is 91.5 cm³/mol. The fourth-order valence-electron chi connectivity index (χ4n) is 1.90. The summed E-state index contributed by atoms with van der Waals surface area (Å²) in [5, 5.41) is 8.83. The molecule has 2 N–H and O–H groups in total. The van der Waals surface area contributed by atoms with Gasteiger partial charge in [0.25, 0.3) is 10.0 Å². The highest BCUT2D eigenvalue weighted by molar-refractivity contribution is 7.92. The zero-order valence-electron chi connectivity index (χ0n) is 13.4. The first-order chi connectivity index (χ1) is 11.5. The molecule has 0 aliphatic carbocycles. The molecule has 0 saturated carbocycles. The summed E-state index contributed by atoms with van der Waals surface area (Å²) in [5.41, 5.74) is 0.150. The van der Waals surface area contributed by atoms with Crippen LogP contribution in [0.5, 0.6) is 0 Å². The molecule has 0 amide bonds. The zero-order chi connectivity index (χ0) is 18.8. The van der Waals surface area contributed by atoms with Gasteiger partial charge < -0.3 is 5.11 Å². The van der Waals surface area contributed by atoms with Gasteiger partial charge in [-0.15, -0.1) is 0 Å². The first-order valence-corrected chi connectivity index (χ1v) is 9.85. The molecular weight excluding hydrogens is 368 g/mol. The van der Waals surface area contributed by atoms with Crippen LogP contribution in [0, 0.1) is 0 Å². The van der Waals surface area contributed by atoms with Crippen LogP contribution in [0.4, 0.5) is 5.69 Å². The van der Waals surface area contributed by atoms with Gasteiger partial charge in [0.1, 0.15) is 0 Å². The van der Waals surface area contributed by atoms with Crippen LogP contribution < -0.4 is 4.72 Å². The van der Waals surface area contributed by atoms with Crippen molar-refractivity contribution in [3.63, 3.8) is 0 Å². The molecule has 0 saturated heterocycles. The topological polar surface area (TPSA) is 121 Å². The summed E-state index contributed by atoms with van der Waals surface area (Å²) >= 11 is 0. The van der Waals surface area contributed by atoms with Gasteiger partial charge >= 0.3 is 5.97 Å². The average molecular weight is 384 g/mol. The Morgan fingerprint density at radius 3 is 1.80 bits per heavy atom. The summed E-state index contributed by atoms with van der Waals surface area (Å²) in [7, 11) is -4.73. The van der Waals surface area contributed by atoms with Crippen molar-refractivity contribution in [2.45, 2.75) is 9.79 Å². The Kier molecular flexibility index (Phi) is 5.16. The molecule has 0 radical (unpaired) electrons. The molecule has 0 heterocycles. The lowest BCUT2D eigenvalue weighted by Crippen LogP contribution is -2.22. The molecule has 25 heavy (non-hydrogen) atoms. The maximum absolute atomic E-state index is 12.3. The van der Waals surface area contributed by atoms with Crippen molar-refractivity contribution in [2.24, 2.45) is 0 Å². The van der Waals surface area contributed by atoms with Gasteiger partial charge in [-0.05, 0) is 48.5 Å². The Hall–Kier alpha value is -2.43. The minimum Gasteiger partial charge on any atom is -0.478 e. The Balaban J connectivity index is 2.25. The lowest BCUT2D eigenvalue weighted by atomic mass is 10.2. The van der Waals surface area contributed by atoms with Crippen LogP contribution in [0.3, 0.4) is 0 Å². The second kappa shape index (κ2) is 6.82. The third-order valence-electron chi connectivity index (χ3n) is 3.30. The average Bonchev–Trinajstić information content (AvgIpc) is 2.55. The van der Waals surface area contributed by atoms with Crippen molar-refractivity contribution in [2.75, 3.05) is 18.8 Å². The molecule has 134 valence electrons. The van der Waals surface area contributed by atoms with E-state index in [1.807, 2.05) is 0 Å². The highest BCUT2D eigenvalue weighted by atomic mass is 32.2. The number of hydrogen-bond donors (Lipinski definition) is 2. The van der Waals surface area contributed by atoms with E-state index < -0.39 is 26.0 Å². The van der Waals surface area contributed by atoms with Gasteiger partial charge in [0.2, 0.25) is 10.0 Å². The fourth-order valence-corrected chi connectivity index (χ4v) is 3.86. The maximum Gasteiger partial charge on any atom is 0.335 e. The number of aromatic carboxylic acids is 1. The van der Waals surface area contributed by atoms with E-state index in [9.17, 15) is 21.6 Å². The third kappa shape index (κ3) is 4.16. The van der Waals surface area contributed by atoms with E-state index in [0.29, 0.717) is 0 Å². The highest BCUT2D eigenvalue weighted by Crippen LogP contribution is 2.20. The fraction of sp³-hybridized carbons (Fsp3) is 0.133. The monoisotopic (exact) mass is 384 g/mol. The molecule has 0 aromatic heterocycles. The number of carbonyl (C=O) groups is 1. The van der Waals surface area contributed by atoms with Crippen molar-refractivity contribution >= 4 is 31.7 Å². The molecule has 0 atom stereocenters. The molecule has 0 fully saturated rings. The second-order valence-corrected chi connectivity index (χ2v) is 9.08. The second-order valence-electron chi connectivity index (χ2n) is 5.25. The number of nitrogens with one attached hydrogen (secondary N) is 1. The molecular formula is C15H16N2O6S2. The van der Waals surface area contributed by atoms with E-state index in [4.69, 9.17) is 5.11 Å². The smallest absolute Gasteiger partial charge is 0.335 e. The van der Waals surface area contributed by atoms with Crippen molar-refractivity contribution in [1.29, 1.82) is 0 Å². The minimum atomic E-state index is -3.92. The number of nitrogens with zero attached hydrogens (tertiary/aromatic N) is 1. The first-order valence-electron chi connectivity index (χ1n) is 6.93. The van der Waals surface area contributed by atoms with Gasteiger partial charge in [0, 0.05) is 19.8 Å². The minimum absolute atomic E-state index is 0.0304. The Morgan fingerprint density at radius 2 is 1.36 bits per heavy atom. The summed E-state index contributed by atoms with van der Waals surface area (Å²) in [4.78, 5) is 10.7. The van der Waals surface area contributed by atoms with E-state index in [0.717, 1.165) is 4.31 Å². The van der Waals surface area contributed by atoms with Crippen LogP contribution in [0.2, 0.25) is 0 Å². The molecule has 0 unspecified atom stereocenters. The van der Waals surface area contributed by atoms with Crippen LogP contribution in [0.1, 0.15) is 10.4 Å². The summed E-state index contributed by atoms with van der Waals surface area (Å²) in [5.74, 6) is -1.16. The van der Waals surface area contributed by atoms with E-state index in [1.165, 1.54) is 62.6 Å². The summed E-state index contributed by atoms with van der Waals surface area (Å²) < 4.78 is 51.9. The highest BCUT2D eigenvalue weighted by Gasteiger charge is 2.18. The van der Waals surface area contributed by atoms with Gasteiger partial charge in [-0.3, -0.25) is 4.72 Å². The third-order valence-corrected chi connectivity index (χ3v) is 6.52. The van der Waals surface area contributed by atoms with E-state index >= 15 is 0 Å². The van der Waals surface area contributed by atoms with Gasteiger partial charge in [-0.2, -0.15) is 0 Å². The summed E-state index contributed by atoms with van der Waals surface area (Å²) in [6.45, 7) is 0. The number of carboxylic acids is 1. The molecule has 0 bridgehead atoms. The van der Waals surface area contributed by atoms with Crippen LogP contribution in [-0.2, 0) is 20.0 Å². The Morgan fingerprint density at radius 1 is 0.880 bits per heavy atom. The maximum atomic E-state index is 12.3.